The molecule has 0 radical (unpaired) electrons. The molecule has 0 aliphatic rings. The first kappa shape index (κ1) is 13.9. The Hall–Kier alpha value is -2.17. The average molecular weight is 247 g/mol. The first-order valence-corrected chi connectivity index (χ1v) is 5.79. The number of rotatable bonds is 2. The summed E-state index contributed by atoms with van der Waals surface area (Å²) < 4.78 is 1.26. The quantitative estimate of drug-likeness (QED) is 0.885. The van der Waals surface area contributed by atoms with Crippen LogP contribution in [0.15, 0.2) is 24.3 Å². The van der Waals surface area contributed by atoms with Crippen molar-refractivity contribution in [2.24, 2.45) is 7.05 Å². The van der Waals surface area contributed by atoms with Gasteiger partial charge < -0.3 is 5.11 Å². The summed E-state index contributed by atoms with van der Waals surface area (Å²) in [6, 6.07) is 7.50. The number of carboxylic acids is 1. The van der Waals surface area contributed by atoms with E-state index < -0.39 is 5.97 Å². The lowest BCUT2D eigenvalue weighted by molar-refractivity contribution is 0.0686. The van der Waals surface area contributed by atoms with Crippen LogP contribution in [0.2, 0.25) is 0 Å². The lowest BCUT2D eigenvalue weighted by atomic mass is 10.1. The molecule has 0 fully saturated rings. The third-order valence-corrected chi connectivity index (χ3v) is 2.35. The molecule has 0 atom stereocenters. The molecule has 2 aromatic rings. The van der Waals surface area contributed by atoms with E-state index in [1.54, 1.807) is 7.05 Å². The van der Waals surface area contributed by atoms with E-state index in [0.717, 1.165) is 11.1 Å². The first-order chi connectivity index (χ1) is 8.59. The third-order valence-electron chi connectivity index (χ3n) is 2.35. The number of carbonyl (C=O) groups is 1. The molecule has 0 saturated carbocycles. The van der Waals surface area contributed by atoms with E-state index in [1.165, 1.54) is 4.68 Å². The maximum absolute atomic E-state index is 11.0. The second-order valence-electron chi connectivity index (χ2n) is 3.58. The fourth-order valence-corrected chi connectivity index (χ4v) is 1.50. The van der Waals surface area contributed by atoms with Crippen molar-refractivity contribution in [2.45, 2.75) is 20.8 Å². The molecule has 0 unspecified atom stereocenters. The summed E-state index contributed by atoms with van der Waals surface area (Å²) in [4.78, 5) is 11.0. The third kappa shape index (κ3) is 2.74. The molecule has 96 valence electrons. The smallest absolute Gasteiger partial charge is 0.356 e. The molecule has 0 aliphatic heterocycles. The van der Waals surface area contributed by atoms with E-state index in [0.29, 0.717) is 5.69 Å². The van der Waals surface area contributed by atoms with E-state index in [9.17, 15) is 4.79 Å². The lowest BCUT2D eigenvalue weighted by Crippen LogP contribution is -2.06. The van der Waals surface area contributed by atoms with Gasteiger partial charge in [0.05, 0.1) is 0 Å². The Kier molecular flexibility index (Phi) is 4.59. The van der Waals surface area contributed by atoms with Crippen LogP contribution in [0.4, 0.5) is 0 Å². The summed E-state index contributed by atoms with van der Waals surface area (Å²) in [7, 11) is 1.56. The summed E-state index contributed by atoms with van der Waals surface area (Å²) in [5.41, 5.74) is 2.37. The monoisotopic (exact) mass is 247 g/mol. The number of aryl methyl sites for hydroxylation is 2. The molecule has 1 aromatic carbocycles. The van der Waals surface area contributed by atoms with Crippen LogP contribution in [-0.4, -0.2) is 26.1 Å². The number of carboxylic acid groups (broad SMARTS) is 1. The van der Waals surface area contributed by atoms with Gasteiger partial charge in [-0.3, -0.25) is 0 Å². The fourth-order valence-electron chi connectivity index (χ4n) is 1.50. The summed E-state index contributed by atoms with van der Waals surface area (Å²) in [5.74, 6) is -1.02. The predicted molar refractivity (Wildman–Crippen MR) is 69.5 cm³/mol. The normalized spacial score (nSPS) is 9.56. The summed E-state index contributed by atoms with van der Waals surface area (Å²) >= 11 is 0. The predicted octanol–water partition coefficient (Wildman–Crippen LogP) is 2.51. The van der Waals surface area contributed by atoms with Crippen LogP contribution in [0.3, 0.4) is 0 Å². The van der Waals surface area contributed by atoms with E-state index in [2.05, 4.69) is 10.3 Å². The molecule has 0 saturated heterocycles. The van der Waals surface area contributed by atoms with Crippen LogP contribution in [0, 0.1) is 6.92 Å². The first-order valence-electron chi connectivity index (χ1n) is 5.79. The maximum atomic E-state index is 11.0. The molecule has 1 N–H and O–H groups in total. The number of nitrogens with zero attached hydrogens (tertiary/aromatic N) is 3. The highest BCUT2D eigenvalue weighted by atomic mass is 16.4. The molecule has 5 nitrogen and oxygen atoms in total. The van der Waals surface area contributed by atoms with Crippen LogP contribution in [0.25, 0.3) is 11.3 Å². The van der Waals surface area contributed by atoms with Gasteiger partial charge in [-0.2, -0.15) is 0 Å². The topological polar surface area (TPSA) is 68.0 Å². The molecule has 0 spiro atoms. The SMILES string of the molecule is CC.Cc1ccc(-c2nnn(C)c2C(=O)O)cc1. The fraction of sp³-hybridized carbons (Fsp3) is 0.308. The van der Waals surface area contributed by atoms with E-state index in [4.69, 9.17) is 5.11 Å². The number of aromatic carboxylic acids is 1. The van der Waals surface area contributed by atoms with Gasteiger partial charge in [-0.05, 0) is 6.92 Å². The average Bonchev–Trinajstić information content (AvgIpc) is 2.75. The minimum atomic E-state index is -1.02. The molecule has 1 aromatic heterocycles. The van der Waals surface area contributed by atoms with Gasteiger partial charge >= 0.3 is 5.97 Å². The Morgan fingerprint density at radius 2 is 1.78 bits per heavy atom. The van der Waals surface area contributed by atoms with Gasteiger partial charge in [-0.15, -0.1) is 5.10 Å². The standard InChI is InChI=1S/C11H11N3O2.C2H6/c1-7-3-5-8(6-4-7)9-10(11(15)16)14(2)13-12-9;1-2/h3-6H,1-2H3,(H,15,16);1-2H3. The van der Waals surface area contributed by atoms with E-state index in [1.807, 2.05) is 45.0 Å². The molecule has 2 rings (SSSR count). The van der Waals surface area contributed by atoms with Gasteiger partial charge in [0.15, 0.2) is 5.69 Å². The van der Waals surface area contributed by atoms with Crippen molar-refractivity contribution in [3.05, 3.63) is 35.5 Å². The highest BCUT2D eigenvalue weighted by Gasteiger charge is 2.18. The van der Waals surface area contributed by atoms with Crippen molar-refractivity contribution < 1.29 is 9.90 Å². The number of hydrogen-bond donors (Lipinski definition) is 1. The summed E-state index contributed by atoms with van der Waals surface area (Å²) in [6.45, 7) is 5.97. The minimum absolute atomic E-state index is 0.101. The van der Waals surface area contributed by atoms with Crippen LogP contribution >= 0.6 is 0 Å². The number of benzene rings is 1. The zero-order valence-corrected chi connectivity index (χ0v) is 11.0. The molecule has 0 amide bonds. The zero-order valence-electron chi connectivity index (χ0n) is 11.0. The Balaban J connectivity index is 0.000000771. The van der Waals surface area contributed by atoms with Crippen molar-refractivity contribution in [1.29, 1.82) is 0 Å². The molecule has 0 bridgehead atoms. The molecule has 5 heteroatoms. The second-order valence-corrected chi connectivity index (χ2v) is 3.58. The van der Waals surface area contributed by atoms with Gasteiger partial charge in [0.25, 0.3) is 0 Å². The van der Waals surface area contributed by atoms with E-state index in [-0.39, 0.29) is 5.69 Å². The van der Waals surface area contributed by atoms with Crippen molar-refractivity contribution in [2.75, 3.05) is 0 Å². The number of aromatic nitrogens is 3. The molecular formula is C13H17N3O2. The largest absolute Gasteiger partial charge is 0.476 e. The molecule has 18 heavy (non-hydrogen) atoms. The highest BCUT2D eigenvalue weighted by Crippen LogP contribution is 2.20. The van der Waals surface area contributed by atoms with Crippen LogP contribution in [-0.2, 0) is 7.05 Å². The summed E-state index contributed by atoms with van der Waals surface area (Å²) in [5, 5.41) is 16.6. The Morgan fingerprint density at radius 3 is 2.28 bits per heavy atom. The van der Waals surface area contributed by atoms with Crippen molar-refractivity contribution in [3.63, 3.8) is 0 Å². The summed E-state index contributed by atoms with van der Waals surface area (Å²) in [6.07, 6.45) is 0. The van der Waals surface area contributed by atoms with Crippen molar-refractivity contribution in [3.8, 4) is 11.3 Å². The lowest BCUT2D eigenvalue weighted by Gasteiger charge is -2.00. The molecule has 0 aliphatic carbocycles. The van der Waals surface area contributed by atoms with Gasteiger partial charge in [-0.1, -0.05) is 48.9 Å². The highest BCUT2D eigenvalue weighted by molar-refractivity contribution is 5.92. The van der Waals surface area contributed by atoms with Crippen molar-refractivity contribution in [1.82, 2.24) is 15.0 Å². The zero-order chi connectivity index (χ0) is 13.7. The van der Waals surface area contributed by atoms with Crippen LogP contribution < -0.4 is 0 Å². The van der Waals surface area contributed by atoms with Gasteiger partial charge in [0.2, 0.25) is 0 Å². The Morgan fingerprint density at radius 1 is 1.22 bits per heavy atom. The Labute approximate surface area is 106 Å². The minimum Gasteiger partial charge on any atom is -0.476 e. The maximum Gasteiger partial charge on any atom is 0.356 e. The second kappa shape index (κ2) is 5.95. The van der Waals surface area contributed by atoms with Gasteiger partial charge in [-0.25, -0.2) is 9.48 Å². The van der Waals surface area contributed by atoms with Gasteiger partial charge in [0, 0.05) is 12.6 Å². The molecular weight excluding hydrogens is 230 g/mol. The van der Waals surface area contributed by atoms with Crippen LogP contribution in [0.1, 0.15) is 29.9 Å². The van der Waals surface area contributed by atoms with Crippen molar-refractivity contribution >= 4 is 5.97 Å². The Bertz CT molecular complexity index is 530. The van der Waals surface area contributed by atoms with E-state index >= 15 is 0 Å². The number of hydrogen-bond acceptors (Lipinski definition) is 3. The van der Waals surface area contributed by atoms with Crippen LogP contribution in [0.5, 0.6) is 0 Å². The van der Waals surface area contributed by atoms with Gasteiger partial charge in [0.1, 0.15) is 5.69 Å². The molecule has 1 heterocycles.